The van der Waals surface area contributed by atoms with Crippen molar-refractivity contribution < 1.29 is 10.3 Å². The Morgan fingerprint density at radius 1 is 1.26 bits per heavy atom. The summed E-state index contributed by atoms with van der Waals surface area (Å²) in [5, 5.41) is 23.5. The molecule has 2 aromatic rings. The molecule has 1 atom stereocenters. The molecule has 0 amide bonds. The van der Waals surface area contributed by atoms with Crippen molar-refractivity contribution in [2.75, 3.05) is 19.6 Å². The van der Waals surface area contributed by atoms with E-state index in [1.807, 2.05) is 35.0 Å². The van der Waals surface area contributed by atoms with Crippen molar-refractivity contribution in [2.24, 2.45) is 11.1 Å². The fourth-order valence-electron chi connectivity index (χ4n) is 3.42. The van der Waals surface area contributed by atoms with Gasteiger partial charge in [0.1, 0.15) is 0 Å². The Balaban J connectivity index is 1.71. The van der Waals surface area contributed by atoms with Crippen molar-refractivity contribution in [3.63, 3.8) is 0 Å². The summed E-state index contributed by atoms with van der Waals surface area (Å²) in [5.41, 5.74) is 1.91. The van der Waals surface area contributed by atoms with Gasteiger partial charge in [-0.05, 0) is 37.9 Å². The highest BCUT2D eigenvalue weighted by atomic mass is 16.4. The minimum absolute atomic E-state index is 0.405. The first-order chi connectivity index (χ1) is 11.2. The fourth-order valence-corrected chi connectivity index (χ4v) is 3.42. The molecule has 1 aliphatic rings. The summed E-state index contributed by atoms with van der Waals surface area (Å²) in [7, 11) is 0. The maximum Gasteiger partial charge on any atom is 0.0845 e. The van der Waals surface area contributed by atoms with Crippen molar-refractivity contribution in [3.8, 4) is 0 Å². The number of hydrogen-bond acceptors (Lipinski definition) is 4. The molecule has 2 N–H and O–H groups in total. The van der Waals surface area contributed by atoms with Crippen LogP contribution >= 0.6 is 0 Å². The average molecular weight is 315 g/mol. The molecule has 1 aromatic heterocycles. The summed E-state index contributed by atoms with van der Waals surface area (Å²) in [5.74, 6) is 0.803. The van der Waals surface area contributed by atoms with Crippen LogP contribution in [-0.2, 0) is 6.54 Å². The molecule has 5 nitrogen and oxygen atoms in total. The van der Waals surface area contributed by atoms with E-state index in [1.165, 1.54) is 19.1 Å². The number of benzene rings is 1. The molecule has 0 spiro atoms. The number of nitrogens with zero attached hydrogens (tertiary/aromatic N) is 3. The van der Waals surface area contributed by atoms with Crippen LogP contribution < -0.4 is 0 Å². The van der Waals surface area contributed by atoms with Gasteiger partial charge in [0.2, 0.25) is 0 Å². The van der Waals surface area contributed by atoms with Gasteiger partial charge in [0.05, 0.1) is 12.3 Å². The van der Waals surface area contributed by atoms with Crippen LogP contribution in [-0.4, -0.2) is 51.7 Å². The Bertz CT molecular complexity index is 672. The Kier molecular flexibility index (Phi) is 4.98. The van der Waals surface area contributed by atoms with Crippen LogP contribution in [0.1, 0.15) is 25.3 Å². The Morgan fingerprint density at radius 2 is 2.00 bits per heavy atom. The molecule has 1 aliphatic heterocycles. The minimum atomic E-state index is -0.405. The summed E-state index contributed by atoms with van der Waals surface area (Å²) in [4.78, 5) is 2.35. The van der Waals surface area contributed by atoms with Crippen LogP contribution in [0.4, 0.5) is 0 Å². The normalized spacial score (nSPS) is 18.9. The Hall–Kier alpha value is -1.85. The maximum atomic E-state index is 10.5. The number of aromatic nitrogens is 1. The van der Waals surface area contributed by atoms with E-state index in [9.17, 15) is 5.11 Å². The molecule has 1 fully saturated rings. The largest absolute Gasteiger partial charge is 0.411 e. The van der Waals surface area contributed by atoms with E-state index in [4.69, 9.17) is 5.21 Å². The molecule has 1 aromatic carbocycles. The molecule has 0 radical (unpaired) electrons. The van der Waals surface area contributed by atoms with E-state index in [1.54, 1.807) is 0 Å². The monoisotopic (exact) mass is 315 g/mol. The zero-order valence-electron chi connectivity index (χ0n) is 13.6. The molecule has 124 valence electrons. The van der Waals surface area contributed by atoms with Gasteiger partial charge in [-0.2, -0.15) is 0 Å². The second-order valence-corrected chi connectivity index (χ2v) is 6.64. The average Bonchev–Trinajstić information content (AvgIpc) is 2.88. The van der Waals surface area contributed by atoms with Gasteiger partial charge >= 0.3 is 0 Å². The van der Waals surface area contributed by atoms with E-state index in [0.29, 0.717) is 13.1 Å². The molecular formula is C18H25N3O2. The maximum absolute atomic E-state index is 10.5. The lowest BCUT2D eigenvalue weighted by Crippen LogP contribution is -2.39. The molecule has 1 unspecified atom stereocenters. The summed E-state index contributed by atoms with van der Waals surface area (Å²) in [6, 6.07) is 7.98. The number of oxime groups is 1. The molecule has 3 rings (SSSR count). The summed E-state index contributed by atoms with van der Waals surface area (Å²) in [6.07, 6.45) is 5.41. The van der Waals surface area contributed by atoms with Gasteiger partial charge in [-0.3, -0.25) is 0 Å². The first kappa shape index (κ1) is 16.0. The minimum Gasteiger partial charge on any atom is -0.411 e. The quantitative estimate of drug-likeness (QED) is 0.506. The van der Waals surface area contributed by atoms with Gasteiger partial charge < -0.3 is 19.8 Å². The van der Waals surface area contributed by atoms with E-state index in [0.717, 1.165) is 35.5 Å². The number of rotatable bonds is 5. The van der Waals surface area contributed by atoms with E-state index >= 15 is 0 Å². The van der Waals surface area contributed by atoms with Crippen molar-refractivity contribution in [1.29, 1.82) is 0 Å². The first-order valence-corrected chi connectivity index (χ1v) is 8.33. The number of hydrogen-bond donors (Lipinski definition) is 2. The van der Waals surface area contributed by atoms with Gasteiger partial charge in [0, 0.05) is 35.8 Å². The summed E-state index contributed by atoms with van der Waals surface area (Å²) in [6.45, 7) is 5.71. The third-order valence-electron chi connectivity index (χ3n) is 4.77. The number of likely N-dealkylation sites (tertiary alicyclic amines) is 1. The Labute approximate surface area is 136 Å². The van der Waals surface area contributed by atoms with Crippen LogP contribution in [0, 0.1) is 5.92 Å². The Morgan fingerprint density at radius 3 is 2.74 bits per heavy atom. The fraction of sp³-hybridized carbons (Fsp3) is 0.500. The van der Waals surface area contributed by atoms with Crippen molar-refractivity contribution in [2.45, 2.75) is 32.4 Å². The molecule has 0 aliphatic carbocycles. The highest BCUT2D eigenvalue weighted by Crippen LogP contribution is 2.21. The number of piperidine rings is 1. The number of fused-ring (bicyclic) bond motifs is 1. The van der Waals surface area contributed by atoms with E-state index < -0.39 is 6.10 Å². The van der Waals surface area contributed by atoms with Crippen molar-refractivity contribution >= 4 is 17.1 Å². The van der Waals surface area contributed by atoms with Gasteiger partial charge in [-0.15, -0.1) is 0 Å². The van der Waals surface area contributed by atoms with Gasteiger partial charge in [-0.25, -0.2) is 0 Å². The highest BCUT2D eigenvalue weighted by molar-refractivity contribution is 5.99. The number of aliphatic hydroxyl groups excluding tert-OH is 1. The van der Waals surface area contributed by atoms with E-state index in [2.05, 4.69) is 17.0 Å². The van der Waals surface area contributed by atoms with Crippen molar-refractivity contribution in [1.82, 2.24) is 9.47 Å². The van der Waals surface area contributed by atoms with Crippen molar-refractivity contribution in [3.05, 3.63) is 36.0 Å². The lowest BCUT2D eigenvalue weighted by Gasteiger charge is -2.31. The molecule has 23 heavy (non-hydrogen) atoms. The van der Waals surface area contributed by atoms with Crippen LogP contribution in [0.15, 0.2) is 35.6 Å². The zero-order chi connectivity index (χ0) is 16.2. The van der Waals surface area contributed by atoms with Gasteiger partial charge in [-0.1, -0.05) is 30.3 Å². The molecule has 2 heterocycles. The summed E-state index contributed by atoms with van der Waals surface area (Å²) >= 11 is 0. The van der Waals surface area contributed by atoms with Gasteiger partial charge in [0.15, 0.2) is 0 Å². The standard InChI is InChI=1S/C18H25N3O2/c1-14-6-8-20(9-7-14)12-16(22)13-21-11-15(10-19-23)17-4-2-3-5-18(17)21/h2-5,10-11,14,16,22-23H,6-9,12-13H2,1H3/b19-10-. The summed E-state index contributed by atoms with van der Waals surface area (Å²) < 4.78 is 2.05. The third-order valence-corrected chi connectivity index (χ3v) is 4.77. The smallest absolute Gasteiger partial charge is 0.0845 e. The zero-order valence-corrected chi connectivity index (χ0v) is 13.6. The second-order valence-electron chi connectivity index (χ2n) is 6.64. The molecule has 5 heteroatoms. The van der Waals surface area contributed by atoms with E-state index in [-0.39, 0.29) is 0 Å². The lowest BCUT2D eigenvalue weighted by molar-refractivity contribution is 0.0810. The molecule has 0 saturated carbocycles. The number of β-amino-alcohol motifs (C(OH)–C–C–N with tert-alkyl or cyclic N) is 1. The third kappa shape index (κ3) is 3.74. The second kappa shape index (κ2) is 7.15. The first-order valence-electron chi connectivity index (χ1n) is 8.33. The van der Waals surface area contributed by atoms with Crippen LogP contribution in [0.3, 0.4) is 0 Å². The topological polar surface area (TPSA) is 61.0 Å². The predicted octanol–water partition coefficient (Wildman–Crippen LogP) is 2.54. The predicted molar refractivity (Wildman–Crippen MR) is 92.2 cm³/mol. The van der Waals surface area contributed by atoms with Gasteiger partial charge in [0.25, 0.3) is 0 Å². The highest BCUT2D eigenvalue weighted by Gasteiger charge is 2.19. The number of aliphatic hydroxyl groups is 1. The molecule has 1 saturated heterocycles. The van der Waals surface area contributed by atoms with Crippen LogP contribution in [0.25, 0.3) is 10.9 Å². The van der Waals surface area contributed by atoms with Crippen LogP contribution in [0.2, 0.25) is 0 Å². The molecular weight excluding hydrogens is 290 g/mol. The van der Waals surface area contributed by atoms with Crippen LogP contribution in [0.5, 0.6) is 0 Å². The SMILES string of the molecule is CC1CCN(CC(O)Cn2cc(/C=N\O)c3ccccc32)CC1. The lowest BCUT2D eigenvalue weighted by atomic mass is 9.99. The number of para-hydroxylation sites is 1. The molecule has 0 bridgehead atoms.